The molecule has 0 unspecified atom stereocenters. The summed E-state index contributed by atoms with van der Waals surface area (Å²) in [6.45, 7) is 3.82. The fourth-order valence-corrected chi connectivity index (χ4v) is 5.39. The molecule has 0 aliphatic carbocycles. The third kappa shape index (κ3) is 3.13. The molecule has 0 aliphatic rings. The van der Waals surface area contributed by atoms with E-state index in [1.807, 2.05) is 123 Å². The predicted molar refractivity (Wildman–Crippen MR) is 139 cm³/mol. The van der Waals surface area contributed by atoms with Gasteiger partial charge in [-0.2, -0.15) is 8.78 Å². The van der Waals surface area contributed by atoms with Crippen molar-refractivity contribution in [1.82, 2.24) is 9.13 Å². The summed E-state index contributed by atoms with van der Waals surface area (Å²) in [5.41, 5.74) is 2.97. The molecule has 6 rings (SSSR count). The first-order valence-corrected chi connectivity index (χ1v) is 11.7. The van der Waals surface area contributed by atoms with E-state index in [1.165, 1.54) is 0 Å². The number of rotatable bonds is 4. The van der Waals surface area contributed by atoms with Crippen molar-refractivity contribution in [2.45, 2.75) is 19.3 Å². The molecule has 0 amide bonds. The van der Waals surface area contributed by atoms with E-state index in [0.717, 1.165) is 33.2 Å². The number of halogens is 2. The minimum Gasteiger partial charge on any atom is -0.286 e. The Morgan fingerprint density at radius 3 is 1.23 bits per heavy atom. The maximum Gasteiger partial charge on any atom is 0.203 e. The van der Waals surface area contributed by atoms with Crippen LogP contribution in [0.2, 0.25) is 0 Å². The molecule has 0 saturated heterocycles. The lowest BCUT2D eigenvalue weighted by Crippen LogP contribution is -2.22. The molecule has 0 N–H and O–H groups in total. The molecule has 2 aromatic heterocycles. The van der Waals surface area contributed by atoms with Gasteiger partial charge < -0.3 is 0 Å². The molecule has 0 spiro atoms. The molecule has 4 heteroatoms. The highest BCUT2D eigenvalue weighted by molar-refractivity contribution is 5.91. The van der Waals surface area contributed by atoms with Crippen molar-refractivity contribution in [1.29, 1.82) is 0 Å². The van der Waals surface area contributed by atoms with Crippen LogP contribution in [0.4, 0.5) is 8.78 Å². The molecule has 0 atom stereocenters. The van der Waals surface area contributed by atoms with Gasteiger partial charge in [0.25, 0.3) is 0 Å². The van der Waals surface area contributed by atoms with Gasteiger partial charge in [0.15, 0.2) is 0 Å². The van der Waals surface area contributed by atoms with E-state index in [9.17, 15) is 0 Å². The average Bonchev–Trinajstić information content (AvgIpc) is 3.35. The van der Waals surface area contributed by atoms with Crippen molar-refractivity contribution in [2.24, 2.45) is 0 Å². The zero-order valence-corrected chi connectivity index (χ0v) is 19.5. The summed E-state index contributed by atoms with van der Waals surface area (Å²) in [6.07, 6.45) is 0. The van der Waals surface area contributed by atoms with Gasteiger partial charge in [-0.1, -0.05) is 86.6 Å². The molecule has 4 aromatic carbocycles. The maximum absolute atomic E-state index is 16.4. The summed E-state index contributed by atoms with van der Waals surface area (Å²) in [4.78, 5) is 0. The van der Waals surface area contributed by atoms with Gasteiger partial charge in [-0.05, 0) is 36.4 Å². The Hall–Kier alpha value is -4.18. The summed E-state index contributed by atoms with van der Waals surface area (Å²) in [7, 11) is 0. The lowest BCUT2D eigenvalue weighted by molar-refractivity contribution is 0.485. The topological polar surface area (TPSA) is 9.86 Å². The minimum absolute atomic E-state index is 0.377. The molecule has 0 fully saturated rings. The van der Waals surface area contributed by atoms with Gasteiger partial charge in [0.1, 0.15) is 0 Å². The van der Waals surface area contributed by atoms with Crippen molar-refractivity contribution in [3.63, 3.8) is 0 Å². The van der Waals surface area contributed by atoms with Crippen LogP contribution < -0.4 is 0 Å². The second-order valence-electron chi connectivity index (χ2n) is 9.33. The van der Waals surface area contributed by atoms with Gasteiger partial charge in [0, 0.05) is 38.7 Å². The Morgan fingerprint density at radius 2 is 0.829 bits per heavy atom. The molecule has 6 aromatic rings. The standard InChI is InChI=1S/C31H24F2N2/c1-31(2,27-23-17-9-11-19-25(23)34(29(27)32)21-13-5-3-6-14-21)28-24-18-10-12-20-26(24)35(30(28)33)22-15-7-4-8-16-22/h3-20H,1-2H3. The highest BCUT2D eigenvalue weighted by atomic mass is 19.1. The normalized spacial score (nSPS) is 12.0. The van der Waals surface area contributed by atoms with E-state index in [2.05, 4.69) is 0 Å². The number of aromatic nitrogens is 2. The van der Waals surface area contributed by atoms with E-state index in [1.54, 1.807) is 9.13 Å². The van der Waals surface area contributed by atoms with Gasteiger partial charge in [-0.15, -0.1) is 0 Å². The Kier molecular flexibility index (Phi) is 4.85. The van der Waals surface area contributed by atoms with E-state index >= 15 is 8.78 Å². The van der Waals surface area contributed by atoms with Crippen molar-refractivity contribution < 1.29 is 8.78 Å². The second-order valence-corrected chi connectivity index (χ2v) is 9.33. The molecule has 0 aliphatic heterocycles. The lowest BCUT2D eigenvalue weighted by atomic mass is 9.77. The number of para-hydroxylation sites is 4. The third-order valence-corrected chi connectivity index (χ3v) is 6.91. The highest BCUT2D eigenvalue weighted by Gasteiger charge is 2.38. The fraction of sp³-hybridized carbons (Fsp3) is 0.0968. The average molecular weight is 463 g/mol. The van der Waals surface area contributed by atoms with Gasteiger partial charge >= 0.3 is 0 Å². The van der Waals surface area contributed by atoms with Crippen LogP contribution in [-0.4, -0.2) is 9.13 Å². The Morgan fingerprint density at radius 1 is 0.486 bits per heavy atom. The highest BCUT2D eigenvalue weighted by Crippen LogP contribution is 2.45. The fourth-order valence-electron chi connectivity index (χ4n) is 5.39. The molecule has 2 nitrogen and oxygen atoms in total. The number of hydrogen-bond donors (Lipinski definition) is 0. The first kappa shape index (κ1) is 21.4. The summed E-state index contributed by atoms with van der Waals surface area (Å²) in [5, 5.41) is 1.55. The number of fused-ring (bicyclic) bond motifs is 2. The van der Waals surface area contributed by atoms with Crippen molar-refractivity contribution in [3.8, 4) is 11.4 Å². The number of nitrogens with zero attached hydrogens (tertiary/aromatic N) is 2. The van der Waals surface area contributed by atoms with E-state index in [4.69, 9.17) is 0 Å². The lowest BCUT2D eigenvalue weighted by Gasteiger charge is -2.25. The van der Waals surface area contributed by atoms with Crippen LogP contribution in [0.5, 0.6) is 0 Å². The van der Waals surface area contributed by atoms with Crippen LogP contribution in [0.1, 0.15) is 25.0 Å². The van der Waals surface area contributed by atoms with Gasteiger partial charge in [-0.25, -0.2) is 0 Å². The second kappa shape index (κ2) is 7.95. The molecule has 172 valence electrons. The monoisotopic (exact) mass is 462 g/mol. The molecule has 2 heterocycles. The van der Waals surface area contributed by atoms with Gasteiger partial charge in [0.05, 0.1) is 11.0 Å². The summed E-state index contributed by atoms with van der Waals surface area (Å²) in [6, 6.07) is 34.2. The molecule has 0 radical (unpaired) electrons. The first-order chi connectivity index (χ1) is 17.0. The molecule has 0 saturated carbocycles. The predicted octanol–water partition coefficient (Wildman–Crippen LogP) is 8.18. The molecular formula is C31H24F2N2. The van der Waals surface area contributed by atoms with Crippen LogP contribution in [0.15, 0.2) is 109 Å². The van der Waals surface area contributed by atoms with Gasteiger partial charge in [0.2, 0.25) is 11.9 Å². The zero-order valence-electron chi connectivity index (χ0n) is 19.5. The maximum atomic E-state index is 16.4. The molecule has 0 bridgehead atoms. The minimum atomic E-state index is -0.965. The third-order valence-electron chi connectivity index (χ3n) is 6.91. The summed E-state index contributed by atoms with van der Waals surface area (Å²) < 4.78 is 36.2. The quantitative estimate of drug-likeness (QED) is 0.250. The van der Waals surface area contributed by atoms with Crippen molar-refractivity contribution in [3.05, 3.63) is 132 Å². The van der Waals surface area contributed by atoms with Crippen LogP contribution in [0, 0.1) is 11.9 Å². The summed E-state index contributed by atoms with van der Waals surface area (Å²) >= 11 is 0. The zero-order chi connectivity index (χ0) is 24.2. The SMILES string of the molecule is CC(C)(c1c(F)n(-c2ccccc2)c2ccccc12)c1c(F)n(-c2ccccc2)c2ccccc12. The van der Waals surface area contributed by atoms with Crippen LogP contribution in [0.25, 0.3) is 33.2 Å². The molecule has 35 heavy (non-hydrogen) atoms. The molecular weight excluding hydrogens is 438 g/mol. The van der Waals surface area contributed by atoms with Gasteiger partial charge in [-0.3, -0.25) is 9.13 Å². The first-order valence-electron chi connectivity index (χ1n) is 11.7. The Labute approximate surface area is 202 Å². The van der Waals surface area contributed by atoms with E-state index in [-0.39, 0.29) is 11.9 Å². The summed E-state index contributed by atoms with van der Waals surface area (Å²) in [5.74, 6) is -0.753. The van der Waals surface area contributed by atoms with Crippen LogP contribution >= 0.6 is 0 Å². The number of benzene rings is 4. The number of hydrogen-bond acceptors (Lipinski definition) is 0. The van der Waals surface area contributed by atoms with Crippen LogP contribution in [0.3, 0.4) is 0 Å². The van der Waals surface area contributed by atoms with Crippen LogP contribution in [-0.2, 0) is 5.41 Å². The Bertz CT molecular complexity index is 1550. The van der Waals surface area contributed by atoms with E-state index < -0.39 is 5.41 Å². The van der Waals surface area contributed by atoms with E-state index in [0.29, 0.717) is 11.1 Å². The Balaban J connectivity index is 1.68. The van der Waals surface area contributed by atoms with Crippen molar-refractivity contribution in [2.75, 3.05) is 0 Å². The van der Waals surface area contributed by atoms with Crippen molar-refractivity contribution >= 4 is 21.8 Å². The smallest absolute Gasteiger partial charge is 0.203 e. The largest absolute Gasteiger partial charge is 0.286 e.